The van der Waals surface area contributed by atoms with Gasteiger partial charge in [0.15, 0.2) is 0 Å². The van der Waals surface area contributed by atoms with Gasteiger partial charge in [0.1, 0.15) is 16.8 Å². The van der Waals surface area contributed by atoms with Gasteiger partial charge in [-0.2, -0.15) is 0 Å². The Bertz CT molecular complexity index is 757. The molecule has 0 bridgehead atoms. The van der Waals surface area contributed by atoms with Crippen molar-refractivity contribution in [3.8, 4) is 5.75 Å². The number of amides is 1. The first-order valence-corrected chi connectivity index (χ1v) is 9.72. The summed E-state index contributed by atoms with van der Waals surface area (Å²) in [6.45, 7) is 6.13. The molecule has 3 rings (SSSR count). The fourth-order valence-electron chi connectivity index (χ4n) is 3.06. The van der Waals surface area contributed by atoms with E-state index >= 15 is 0 Å². The summed E-state index contributed by atoms with van der Waals surface area (Å²) in [4.78, 5) is 18.5. The van der Waals surface area contributed by atoms with Gasteiger partial charge in [0.25, 0.3) is 0 Å². The normalized spacial score (nSPS) is 20.8. The number of aryl methyl sites for hydroxylation is 2. The molecule has 7 heteroatoms. The van der Waals surface area contributed by atoms with Gasteiger partial charge in [-0.1, -0.05) is 19.1 Å². The number of benzene rings is 1. The van der Waals surface area contributed by atoms with Crippen LogP contribution in [0.25, 0.3) is 0 Å². The second kappa shape index (κ2) is 8.16. The predicted octanol–water partition coefficient (Wildman–Crippen LogP) is 2.94. The number of methoxy groups -OCH3 is 1. The minimum Gasteiger partial charge on any atom is -0.497 e. The van der Waals surface area contributed by atoms with Crippen LogP contribution in [0.5, 0.6) is 5.75 Å². The molecule has 2 heterocycles. The highest BCUT2D eigenvalue weighted by molar-refractivity contribution is 7.11. The molecule has 1 amide bonds. The van der Waals surface area contributed by atoms with Crippen molar-refractivity contribution in [2.75, 3.05) is 7.11 Å². The molecule has 1 aromatic carbocycles. The van der Waals surface area contributed by atoms with Crippen LogP contribution < -0.4 is 20.9 Å². The molecule has 3 unspecified atom stereocenters. The van der Waals surface area contributed by atoms with Crippen molar-refractivity contribution in [1.29, 1.82) is 0 Å². The lowest BCUT2D eigenvalue weighted by Gasteiger charge is -2.17. The summed E-state index contributed by atoms with van der Waals surface area (Å²) in [6, 6.07) is 7.67. The lowest BCUT2D eigenvalue weighted by molar-refractivity contribution is -0.123. The van der Waals surface area contributed by atoms with Crippen molar-refractivity contribution < 1.29 is 9.53 Å². The van der Waals surface area contributed by atoms with Gasteiger partial charge in [-0.3, -0.25) is 4.79 Å². The monoisotopic (exact) mass is 374 g/mol. The first kappa shape index (κ1) is 18.8. The number of hydrogen-bond acceptors (Lipinski definition) is 6. The van der Waals surface area contributed by atoms with Crippen molar-refractivity contribution in [2.45, 2.75) is 51.7 Å². The number of aromatic nitrogens is 1. The highest BCUT2D eigenvalue weighted by atomic mass is 32.1. The summed E-state index contributed by atoms with van der Waals surface area (Å²) in [6.07, 6.45) is 1.50. The first-order valence-electron chi connectivity index (χ1n) is 8.91. The van der Waals surface area contributed by atoms with Crippen molar-refractivity contribution in [1.82, 2.24) is 21.2 Å². The maximum atomic E-state index is 12.7. The Morgan fingerprint density at radius 3 is 2.88 bits per heavy atom. The molecule has 1 aliphatic heterocycles. The average Bonchev–Trinajstić information content (AvgIpc) is 3.27. The number of hydrazine groups is 1. The summed E-state index contributed by atoms with van der Waals surface area (Å²) >= 11 is 1.66. The van der Waals surface area contributed by atoms with Gasteiger partial charge < -0.3 is 10.1 Å². The van der Waals surface area contributed by atoms with E-state index in [1.807, 2.05) is 31.2 Å². The molecule has 26 heavy (non-hydrogen) atoms. The number of nitrogens with one attached hydrogen (secondary N) is 3. The Morgan fingerprint density at radius 2 is 2.23 bits per heavy atom. The molecule has 1 aliphatic rings. The molecular weight excluding hydrogens is 348 g/mol. The number of thiazole rings is 1. The maximum Gasteiger partial charge on any atom is 0.239 e. The number of carbonyl (C=O) groups excluding carboxylic acids is 1. The largest absolute Gasteiger partial charge is 0.497 e. The summed E-state index contributed by atoms with van der Waals surface area (Å²) in [5.41, 5.74) is 8.48. The standard InChI is InChI=1S/C19H26N4O2S/c1-5-15(19-20-11(2)12(3)26-19)21-18(24)17-10-16(22-23-17)13-7-6-8-14(9-13)25-4/h6-9,15-17,22-23H,5,10H2,1-4H3,(H,21,24). The summed E-state index contributed by atoms with van der Waals surface area (Å²) in [7, 11) is 1.66. The van der Waals surface area contributed by atoms with Gasteiger partial charge in [-0.25, -0.2) is 15.8 Å². The van der Waals surface area contributed by atoms with Crippen LogP contribution in [0, 0.1) is 13.8 Å². The van der Waals surface area contributed by atoms with Gasteiger partial charge in [0, 0.05) is 10.9 Å². The Morgan fingerprint density at radius 1 is 1.42 bits per heavy atom. The van der Waals surface area contributed by atoms with Crippen LogP contribution in [0.15, 0.2) is 24.3 Å². The zero-order valence-corrected chi connectivity index (χ0v) is 16.4. The van der Waals surface area contributed by atoms with Gasteiger partial charge in [0.2, 0.25) is 5.91 Å². The van der Waals surface area contributed by atoms with E-state index < -0.39 is 0 Å². The first-order chi connectivity index (χ1) is 12.5. The number of rotatable bonds is 6. The van der Waals surface area contributed by atoms with E-state index in [9.17, 15) is 4.79 Å². The molecule has 1 fully saturated rings. The third-order valence-corrected chi connectivity index (χ3v) is 5.97. The Hall–Kier alpha value is -1.96. The molecule has 0 spiro atoms. The lowest BCUT2D eigenvalue weighted by Crippen LogP contribution is -2.44. The van der Waals surface area contributed by atoms with E-state index in [-0.39, 0.29) is 24.0 Å². The topological polar surface area (TPSA) is 75.3 Å². The predicted molar refractivity (Wildman–Crippen MR) is 103 cm³/mol. The maximum absolute atomic E-state index is 12.7. The highest BCUT2D eigenvalue weighted by Gasteiger charge is 2.31. The van der Waals surface area contributed by atoms with E-state index in [2.05, 4.69) is 35.0 Å². The van der Waals surface area contributed by atoms with E-state index in [1.54, 1.807) is 18.4 Å². The van der Waals surface area contributed by atoms with Crippen LogP contribution >= 0.6 is 11.3 Å². The van der Waals surface area contributed by atoms with Gasteiger partial charge in [0.05, 0.1) is 18.8 Å². The number of carbonyl (C=O) groups is 1. The summed E-state index contributed by atoms with van der Waals surface area (Å²) in [5.74, 6) is 0.818. The Labute approximate surface area is 158 Å². The zero-order valence-electron chi connectivity index (χ0n) is 15.6. The molecule has 0 aliphatic carbocycles. The zero-order chi connectivity index (χ0) is 18.7. The van der Waals surface area contributed by atoms with Gasteiger partial charge >= 0.3 is 0 Å². The Balaban J connectivity index is 1.63. The second-order valence-electron chi connectivity index (χ2n) is 6.57. The van der Waals surface area contributed by atoms with Crippen molar-refractivity contribution >= 4 is 17.2 Å². The van der Waals surface area contributed by atoms with Crippen molar-refractivity contribution in [2.24, 2.45) is 0 Å². The third kappa shape index (κ3) is 4.06. The fourth-order valence-corrected chi connectivity index (χ4v) is 4.12. The third-order valence-electron chi connectivity index (χ3n) is 4.78. The van der Waals surface area contributed by atoms with E-state index in [1.165, 1.54) is 4.88 Å². The molecule has 140 valence electrons. The van der Waals surface area contributed by atoms with E-state index in [4.69, 9.17) is 4.74 Å². The molecule has 6 nitrogen and oxygen atoms in total. The smallest absolute Gasteiger partial charge is 0.239 e. The average molecular weight is 375 g/mol. The fraction of sp³-hybridized carbons (Fsp3) is 0.474. The van der Waals surface area contributed by atoms with Crippen molar-refractivity contribution in [3.05, 3.63) is 45.4 Å². The van der Waals surface area contributed by atoms with Crippen LogP contribution in [0.1, 0.15) is 53.0 Å². The van der Waals surface area contributed by atoms with Gasteiger partial charge in [-0.05, 0) is 44.4 Å². The van der Waals surface area contributed by atoms with Crippen LogP contribution in [-0.2, 0) is 4.79 Å². The Kier molecular flexibility index (Phi) is 5.90. The molecule has 1 aromatic heterocycles. The number of hydrogen-bond donors (Lipinski definition) is 3. The van der Waals surface area contributed by atoms with Crippen LogP contribution in [0.2, 0.25) is 0 Å². The van der Waals surface area contributed by atoms with Gasteiger partial charge in [-0.15, -0.1) is 11.3 Å². The summed E-state index contributed by atoms with van der Waals surface area (Å²) < 4.78 is 5.28. The lowest BCUT2D eigenvalue weighted by atomic mass is 10.0. The molecule has 0 radical (unpaired) electrons. The highest BCUT2D eigenvalue weighted by Crippen LogP contribution is 2.27. The van der Waals surface area contributed by atoms with E-state index in [0.29, 0.717) is 6.42 Å². The SMILES string of the molecule is CCC(NC(=O)C1CC(c2cccc(OC)c2)NN1)c1nc(C)c(C)s1. The molecule has 2 aromatic rings. The van der Waals surface area contributed by atoms with Crippen molar-refractivity contribution in [3.63, 3.8) is 0 Å². The van der Waals surface area contributed by atoms with Crippen LogP contribution in [-0.4, -0.2) is 24.0 Å². The van der Waals surface area contributed by atoms with Crippen LogP contribution in [0.3, 0.4) is 0 Å². The minimum absolute atomic E-state index is 0.000234. The molecule has 3 atom stereocenters. The molecular formula is C19H26N4O2S. The quantitative estimate of drug-likeness (QED) is 0.725. The second-order valence-corrected chi connectivity index (χ2v) is 7.80. The molecule has 0 saturated carbocycles. The number of nitrogens with zero attached hydrogens (tertiary/aromatic N) is 1. The molecule has 3 N–H and O–H groups in total. The van der Waals surface area contributed by atoms with E-state index in [0.717, 1.165) is 28.4 Å². The molecule has 1 saturated heterocycles. The minimum atomic E-state index is -0.276. The number of ether oxygens (including phenoxy) is 1. The van der Waals surface area contributed by atoms with Crippen LogP contribution in [0.4, 0.5) is 0 Å². The summed E-state index contributed by atoms with van der Waals surface area (Å²) in [5, 5.41) is 4.12.